The molecule has 1 aromatic carbocycles. The Morgan fingerprint density at radius 1 is 1.07 bits per heavy atom. The Morgan fingerprint density at radius 3 is 2.48 bits per heavy atom. The lowest BCUT2D eigenvalue weighted by Gasteiger charge is -2.44. The van der Waals surface area contributed by atoms with Gasteiger partial charge in [0.25, 0.3) is 5.91 Å². The van der Waals surface area contributed by atoms with Crippen LogP contribution in [-0.2, 0) is 0 Å². The third-order valence-electron chi connectivity index (χ3n) is 6.06. The molecule has 2 aliphatic heterocycles. The van der Waals surface area contributed by atoms with Gasteiger partial charge in [-0.25, -0.2) is 9.78 Å². The molecule has 0 unspecified atom stereocenters. The normalized spacial score (nSPS) is 18.1. The van der Waals surface area contributed by atoms with Gasteiger partial charge in [-0.05, 0) is 49.9 Å². The summed E-state index contributed by atoms with van der Waals surface area (Å²) in [7, 11) is 0. The molecule has 0 radical (unpaired) electrons. The van der Waals surface area contributed by atoms with Crippen LogP contribution in [-0.4, -0.2) is 52.2 Å². The molecule has 4 rings (SSSR count). The molecule has 8 nitrogen and oxygen atoms in total. The van der Waals surface area contributed by atoms with E-state index in [4.69, 9.17) is 5.73 Å². The molecule has 2 amide bonds. The predicted molar refractivity (Wildman–Crippen MR) is 111 cm³/mol. The van der Waals surface area contributed by atoms with Crippen LogP contribution in [0.5, 0.6) is 0 Å². The van der Waals surface area contributed by atoms with Crippen LogP contribution < -0.4 is 16.0 Å². The second kappa shape index (κ2) is 7.62. The molecule has 0 atom stereocenters. The first-order valence-corrected chi connectivity index (χ1v) is 9.86. The standard InChI is InChI=1S/C21H25N5O3/c22-16-4-1-2-5-17(16)24-19(27)15-6-7-18(23-14-15)25-12-9-21(10-13-25)8-3-11-26(21)20(28)29/h1-2,4-7,14H,3,8-13,22H2,(H,24,27)(H,28,29). The maximum atomic E-state index is 12.4. The molecule has 2 saturated heterocycles. The number of anilines is 3. The molecule has 4 N–H and O–H groups in total. The number of rotatable bonds is 3. The lowest BCUT2D eigenvalue weighted by atomic mass is 9.85. The number of pyridine rings is 1. The van der Waals surface area contributed by atoms with E-state index in [1.165, 1.54) is 0 Å². The number of aromatic nitrogens is 1. The van der Waals surface area contributed by atoms with Crippen LogP contribution in [0, 0.1) is 0 Å². The average molecular weight is 395 g/mol. The SMILES string of the molecule is Nc1ccccc1NC(=O)c1ccc(N2CCC3(CCCN3C(=O)O)CC2)nc1. The van der Waals surface area contributed by atoms with E-state index in [-0.39, 0.29) is 11.4 Å². The summed E-state index contributed by atoms with van der Waals surface area (Å²) in [5.41, 5.74) is 7.18. The maximum absolute atomic E-state index is 12.4. The minimum Gasteiger partial charge on any atom is -0.465 e. The monoisotopic (exact) mass is 395 g/mol. The van der Waals surface area contributed by atoms with Gasteiger partial charge in [-0.15, -0.1) is 0 Å². The zero-order valence-electron chi connectivity index (χ0n) is 16.2. The van der Waals surface area contributed by atoms with Crippen molar-refractivity contribution in [3.8, 4) is 0 Å². The summed E-state index contributed by atoms with van der Waals surface area (Å²) in [6, 6.07) is 10.7. The number of carboxylic acid groups (broad SMARTS) is 1. The summed E-state index contributed by atoms with van der Waals surface area (Å²) in [6.07, 6.45) is 4.21. The van der Waals surface area contributed by atoms with Gasteiger partial charge < -0.3 is 26.0 Å². The minimum atomic E-state index is -0.816. The highest BCUT2D eigenvalue weighted by Crippen LogP contribution is 2.39. The number of nitrogens with one attached hydrogen (secondary N) is 1. The van der Waals surface area contributed by atoms with Gasteiger partial charge in [0.1, 0.15) is 5.82 Å². The highest BCUT2D eigenvalue weighted by Gasteiger charge is 2.45. The number of carbonyl (C=O) groups excluding carboxylic acids is 1. The van der Waals surface area contributed by atoms with E-state index in [9.17, 15) is 14.7 Å². The average Bonchev–Trinajstić information content (AvgIpc) is 3.14. The first kappa shape index (κ1) is 19.0. The summed E-state index contributed by atoms with van der Waals surface area (Å²) < 4.78 is 0. The van der Waals surface area contributed by atoms with E-state index in [1.807, 2.05) is 18.2 Å². The molecular formula is C21H25N5O3. The van der Waals surface area contributed by atoms with Gasteiger partial charge in [0.05, 0.1) is 16.9 Å². The van der Waals surface area contributed by atoms with E-state index in [2.05, 4.69) is 15.2 Å². The molecule has 0 bridgehead atoms. The van der Waals surface area contributed by atoms with Gasteiger partial charge in [0.2, 0.25) is 0 Å². The molecule has 2 fully saturated rings. The minimum absolute atomic E-state index is 0.224. The number of nitrogens with zero attached hydrogens (tertiary/aromatic N) is 3. The van der Waals surface area contributed by atoms with Gasteiger partial charge in [-0.2, -0.15) is 0 Å². The van der Waals surface area contributed by atoms with Gasteiger partial charge in [0, 0.05) is 31.4 Å². The van der Waals surface area contributed by atoms with Crippen LogP contribution in [0.1, 0.15) is 36.0 Å². The van der Waals surface area contributed by atoms with Gasteiger partial charge >= 0.3 is 6.09 Å². The molecular weight excluding hydrogens is 370 g/mol. The molecule has 8 heteroatoms. The van der Waals surface area contributed by atoms with E-state index in [0.717, 1.165) is 44.6 Å². The lowest BCUT2D eigenvalue weighted by molar-refractivity contribution is 0.0871. The highest BCUT2D eigenvalue weighted by atomic mass is 16.4. The molecule has 0 aliphatic carbocycles. The summed E-state index contributed by atoms with van der Waals surface area (Å²) >= 11 is 0. The summed E-state index contributed by atoms with van der Waals surface area (Å²) in [5, 5.41) is 12.3. The van der Waals surface area contributed by atoms with Crippen molar-refractivity contribution in [2.45, 2.75) is 31.2 Å². The highest BCUT2D eigenvalue weighted by molar-refractivity contribution is 6.05. The number of amides is 2. The smallest absolute Gasteiger partial charge is 0.407 e. The fraction of sp³-hybridized carbons (Fsp3) is 0.381. The quantitative estimate of drug-likeness (QED) is 0.689. The summed E-state index contributed by atoms with van der Waals surface area (Å²) in [4.78, 5) is 32.2. The van der Waals surface area contributed by atoms with Crippen LogP contribution in [0.2, 0.25) is 0 Å². The number of benzene rings is 1. The third kappa shape index (κ3) is 3.70. The molecule has 1 spiro atoms. The number of carbonyl (C=O) groups is 2. The Balaban J connectivity index is 1.39. The van der Waals surface area contributed by atoms with Crippen LogP contribution in [0.15, 0.2) is 42.6 Å². The van der Waals surface area contributed by atoms with E-state index >= 15 is 0 Å². The third-order valence-corrected chi connectivity index (χ3v) is 6.06. The molecule has 2 aliphatic rings. The fourth-order valence-electron chi connectivity index (χ4n) is 4.42. The zero-order chi connectivity index (χ0) is 20.4. The number of nitrogens with two attached hydrogens (primary N) is 1. The van der Waals surface area contributed by atoms with Crippen LogP contribution >= 0.6 is 0 Å². The number of hydrogen-bond donors (Lipinski definition) is 3. The van der Waals surface area contributed by atoms with Crippen molar-refractivity contribution in [2.24, 2.45) is 0 Å². The zero-order valence-corrected chi connectivity index (χ0v) is 16.2. The van der Waals surface area contributed by atoms with E-state index in [1.54, 1.807) is 29.3 Å². The number of nitrogen functional groups attached to an aromatic ring is 1. The maximum Gasteiger partial charge on any atom is 0.407 e. The van der Waals surface area contributed by atoms with E-state index in [0.29, 0.717) is 23.5 Å². The Labute approximate surface area is 169 Å². The van der Waals surface area contributed by atoms with Crippen molar-refractivity contribution in [3.05, 3.63) is 48.2 Å². The van der Waals surface area contributed by atoms with Crippen molar-refractivity contribution in [2.75, 3.05) is 35.6 Å². The largest absolute Gasteiger partial charge is 0.465 e. The number of para-hydroxylation sites is 2. The van der Waals surface area contributed by atoms with Gasteiger partial charge in [0.15, 0.2) is 0 Å². The van der Waals surface area contributed by atoms with Crippen molar-refractivity contribution in [1.82, 2.24) is 9.88 Å². The van der Waals surface area contributed by atoms with Gasteiger partial charge in [-0.1, -0.05) is 12.1 Å². The lowest BCUT2D eigenvalue weighted by Crippen LogP contribution is -2.54. The van der Waals surface area contributed by atoms with Gasteiger partial charge in [-0.3, -0.25) is 4.79 Å². The number of piperidine rings is 1. The Bertz CT molecular complexity index is 907. The Hall–Kier alpha value is -3.29. The van der Waals surface area contributed by atoms with Crippen LogP contribution in [0.4, 0.5) is 22.0 Å². The van der Waals surface area contributed by atoms with Crippen molar-refractivity contribution in [1.29, 1.82) is 0 Å². The predicted octanol–water partition coefficient (Wildman–Crippen LogP) is 3.03. The molecule has 1 aromatic heterocycles. The molecule has 2 aromatic rings. The molecule has 29 heavy (non-hydrogen) atoms. The summed E-state index contributed by atoms with van der Waals surface area (Å²) in [5.74, 6) is 0.540. The first-order valence-electron chi connectivity index (χ1n) is 9.86. The van der Waals surface area contributed by atoms with E-state index < -0.39 is 6.09 Å². The second-order valence-corrected chi connectivity index (χ2v) is 7.70. The molecule has 3 heterocycles. The topological polar surface area (TPSA) is 112 Å². The van der Waals surface area contributed by atoms with Crippen molar-refractivity contribution in [3.63, 3.8) is 0 Å². The van der Waals surface area contributed by atoms with Crippen LogP contribution in [0.3, 0.4) is 0 Å². The van der Waals surface area contributed by atoms with Crippen LogP contribution in [0.25, 0.3) is 0 Å². The fourth-order valence-corrected chi connectivity index (χ4v) is 4.42. The first-order chi connectivity index (χ1) is 14.0. The molecule has 0 saturated carbocycles. The Kier molecular flexibility index (Phi) is 5.00. The molecule has 152 valence electrons. The Morgan fingerprint density at radius 2 is 1.83 bits per heavy atom. The van der Waals surface area contributed by atoms with Crippen molar-refractivity contribution < 1.29 is 14.7 Å². The summed E-state index contributed by atoms with van der Waals surface area (Å²) in [6.45, 7) is 2.13. The second-order valence-electron chi connectivity index (χ2n) is 7.70. The van der Waals surface area contributed by atoms with Crippen molar-refractivity contribution >= 4 is 29.2 Å². The number of hydrogen-bond acceptors (Lipinski definition) is 5. The number of likely N-dealkylation sites (tertiary alicyclic amines) is 1.